The van der Waals surface area contributed by atoms with Crippen molar-refractivity contribution in [2.24, 2.45) is 5.92 Å². The predicted octanol–water partition coefficient (Wildman–Crippen LogP) is 5.04. The Labute approximate surface area is 211 Å². The molecule has 1 aromatic heterocycles. The molecule has 1 saturated heterocycles. The average molecular weight is 489 g/mol. The molecule has 2 N–H and O–H groups in total. The number of methoxy groups -OCH3 is 1. The highest BCUT2D eigenvalue weighted by Crippen LogP contribution is 2.35. The molecule has 1 fully saturated rings. The van der Waals surface area contributed by atoms with Crippen molar-refractivity contribution >= 4 is 28.4 Å². The van der Waals surface area contributed by atoms with Crippen LogP contribution in [0.5, 0.6) is 11.5 Å². The van der Waals surface area contributed by atoms with Crippen molar-refractivity contribution in [1.29, 1.82) is 0 Å². The van der Waals surface area contributed by atoms with Crippen LogP contribution in [-0.4, -0.2) is 49.3 Å². The van der Waals surface area contributed by atoms with Crippen LogP contribution < -0.4 is 20.1 Å². The number of pyridine rings is 1. The zero-order chi connectivity index (χ0) is 23.6. The molecule has 0 aliphatic carbocycles. The summed E-state index contributed by atoms with van der Waals surface area (Å²) in [5.41, 5.74) is 4.83. The van der Waals surface area contributed by atoms with Gasteiger partial charge in [-0.25, -0.2) is 0 Å². The molecule has 3 aromatic rings. The van der Waals surface area contributed by atoms with E-state index in [-0.39, 0.29) is 0 Å². The van der Waals surface area contributed by atoms with E-state index in [4.69, 9.17) is 9.47 Å². The summed E-state index contributed by atoms with van der Waals surface area (Å²) in [6.45, 7) is 5.05. The molecule has 0 saturated carbocycles. The monoisotopic (exact) mass is 488 g/mol. The van der Waals surface area contributed by atoms with Gasteiger partial charge in [0.2, 0.25) is 0 Å². The lowest BCUT2D eigenvalue weighted by Crippen LogP contribution is -2.45. The third-order valence-electron chi connectivity index (χ3n) is 7.36. The first-order valence-corrected chi connectivity index (χ1v) is 13.4. The molecule has 1 unspecified atom stereocenters. The third kappa shape index (κ3) is 4.99. The molecule has 6 nitrogen and oxygen atoms in total. The van der Waals surface area contributed by atoms with Gasteiger partial charge < -0.3 is 25.0 Å². The summed E-state index contributed by atoms with van der Waals surface area (Å²) in [6.07, 6.45) is 7.29. The van der Waals surface area contributed by atoms with Gasteiger partial charge in [-0.05, 0) is 73.7 Å². The largest absolute Gasteiger partial charge is 0.497 e. The molecule has 0 amide bonds. The van der Waals surface area contributed by atoms with Crippen molar-refractivity contribution in [3.05, 3.63) is 65.3 Å². The molecule has 3 aliphatic rings. The number of hydrogen-bond acceptors (Lipinski definition) is 7. The van der Waals surface area contributed by atoms with Crippen molar-refractivity contribution in [2.45, 2.75) is 36.7 Å². The fourth-order valence-corrected chi connectivity index (χ4v) is 6.10. The number of aromatic nitrogens is 1. The fraction of sp³-hybridized carbons (Fsp3) is 0.393. The zero-order valence-electron chi connectivity index (χ0n) is 20.1. The molecule has 182 valence electrons. The van der Waals surface area contributed by atoms with Crippen molar-refractivity contribution in [2.75, 3.05) is 38.7 Å². The molecule has 0 spiro atoms. The van der Waals surface area contributed by atoms with Crippen molar-refractivity contribution < 1.29 is 9.47 Å². The molecule has 2 aromatic carbocycles. The van der Waals surface area contributed by atoms with Crippen LogP contribution in [0.3, 0.4) is 0 Å². The van der Waals surface area contributed by atoms with Gasteiger partial charge in [0.25, 0.3) is 0 Å². The number of nitrogens with one attached hydrogen (secondary N) is 2. The Balaban J connectivity index is 1.02. The molecular weight excluding hydrogens is 456 g/mol. The summed E-state index contributed by atoms with van der Waals surface area (Å²) < 4.78 is 11.6. The van der Waals surface area contributed by atoms with Gasteiger partial charge in [-0.3, -0.25) is 4.98 Å². The first-order valence-electron chi connectivity index (χ1n) is 12.5. The molecule has 1 atom stereocenters. The fourth-order valence-electron chi connectivity index (χ4n) is 5.42. The third-order valence-corrected chi connectivity index (χ3v) is 8.24. The van der Waals surface area contributed by atoms with Gasteiger partial charge in [0.1, 0.15) is 11.5 Å². The van der Waals surface area contributed by atoms with E-state index < -0.39 is 0 Å². The molecule has 6 rings (SSSR count). The Morgan fingerprint density at radius 2 is 2.11 bits per heavy atom. The maximum Gasteiger partial charge on any atom is 0.141 e. The average Bonchev–Trinajstić information content (AvgIpc) is 2.92. The quantitative estimate of drug-likeness (QED) is 0.504. The maximum atomic E-state index is 6.15. The summed E-state index contributed by atoms with van der Waals surface area (Å²) >= 11 is 1.77. The van der Waals surface area contributed by atoms with E-state index in [9.17, 15) is 0 Å². The number of thioether (sulfide) groups is 1. The molecular formula is C28H32N4O2S. The van der Waals surface area contributed by atoms with Gasteiger partial charge in [-0.1, -0.05) is 17.8 Å². The normalized spacial score (nSPS) is 20.1. The second kappa shape index (κ2) is 10.1. The molecule has 7 heteroatoms. The van der Waals surface area contributed by atoms with Crippen LogP contribution in [0.4, 0.5) is 5.69 Å². The highest BCUT2D eigenvalue weighted by Gasteiger charge is 2.27. The lowest BCUT2D eigenvalue weighted by molar-refractivity contribution is 0.133. The number of nitrogens with zero attached hydrogens (tertiary/aromatic N) is 2. The van der Waals surface area contributed by atoms with Gasteiger partial charge in [0, 0.05) is 47.1 Å². The molecule has 0 bridgehead atoms. The molecule has 35 heavy (non-hydrogen) atoms. The number of anilines is 1. The Hall–Kier alpha value is -2.74. The van der Waals surface area contributed by atoms with Gasteiger partial charge >= 0.3 is 0 Å². The SMILES string of the molecule is COc1ccc2ncc3c(c2c1)CC(CN1CCC(NCc2ccc4c(c2)NC=CS4)CC1)CO3. The van der Waals surface area contributed by atoms with Gasteiger partial charge in [0.15, 0.2) is 0 Å². The van der Waals surface area contributed by atoms with Crippen LogP contribution in [0.1, 0.15) is 24.0 Å². The molecule has 0 radical (unpaired) electrons. The standard InChI is InChI=1S/C28H32N4O2S/c1-33-22-3-4-25-23(14-22)24-12-20(18-34-27(24)16-31-25)17-32-9-6-21(7-10-32)30-15-19-2-5-28-26(13-19)29-8-11-35-28/h2-5,8,11,13-14,16,20-21,29-30H,6-7,9-10,12,15,17-18H2,1H3. The Morgan fingerprint density at radius 1 is 1.20 bits per heavy atom. The van der Waals surface area contributed by atoms with E-state index in [0.717, 1.165) is 61.6 Å². The minimum Gasteiger partial charge on any atom is -0.497 e. The summed E-state index contributed by atoms with van der Waals surface area (Å²) in [6, 6.07) is 13.4. The lowest BCUT2D eigenvalue weighted by Gasteiger charge is -2.36. The van der Waals surface area contributed by atoms with Crippen molar-refractivity contribution in [3.63, 3.8) is 0 Å². The summed E-state index contributed by atoms with van der Waals surface area (Å²) in [5, 5.41) is 10.4. The lowest BCUT2D eigenvalue weighted by atomic mass is 9.93. The van der Waals surface area contributed by atoms with Gasteiger partial charge in [-0.15, -0.1) is 0 Å². The molecule has 3 aliphatic heterocycles. The minimum atomic E-state index is 0.499. The first-order chi connectivity index (χ1) is 17.2. The van der Waals surface area contributed by atoms with Crippen molar-refractivity contribution in [3.8, 4) is 11.5 Å². The van der Waals surface area contributed by atoms with Crippen LogP contribution in [0.2, 0.25) is 0 Å². The van der Waals surface area contributed by atoms with Crippen molar-refractivity contribution in [1.82, 2.24) is 15.2 Å². The Bertz CT molecular complexity index is 1230. The van der Waals surface area contributed by atoms with Gasteiger partial charge in [-0.2, -0.15) is 0 Å². The number of fused-ring (bicyclic) bond motifs is 4. The second-order valence-corrected chi connectivity index (χ2v) is 10.7. The zero-order valence-corrected chi connectivity index (χ0v) is 20.9. The van der Waals surface area contributed by atoms with E-state index in [1.165, 1.54) is 34.6 Å². The minimum absolute atomic E-state index is 0.499. The first kappa shape index (κ1) is 22.7. The van der Waals surface area contributed by atoms with E-state index in [0.29, 0.717) is 12.0 Å². The van der Waals surface area contributed by atoms with Gasteiger partial charge in [0.05, 0.1) is 31.1 Å². The van der Waals surface area contributed by atoms with E-state index in [2.05, 4.69) is 50.2 Å². The number of likely N-dealkylation sites (tertiary alicyclic amines) is 1. The van der Waals surface area contributed by atoms with Crippen LogP contribution in [0.25, 0.3) is 10.9 Å². The Morgan fingerprint density at radius 3 is 3.00 bits per heavy atom. The van der Waals surface area contributed by atoms with E-state index in [1.54, 1.807) is 18.9 Å². The smallest absolute Gasteiger partial charge is 0.141 e. The summed E-state index contributed by atoms with van der Waals surface area (Å²) in [5.74, 6) is 2.29. The second-order valence-electron chi connectivity index (χ2n) is 9.72. The number of piperidine rings is 1. The summed E-state index contributed by atoms with van der Waals surface area (Å²) in [4.78, 5) is 8.49. The Kier molecular flexibility index (Phi) is 6.55. The van der Waals surface area contributed by atoms with Crippen LogP contribution >= 0.6 is 11.8 Å². The maximum absolute atomic E-state index is 6.15. The number of ether oxygens (including phenoxy) is 2. The molecule has 4 heterocycles. The van der Waals surface area contributed by atoms with Crippen LogP contribution in [0, 0.1) is 5.92 Å². The van der Waals surface area contributed by atoms with Crippen LogP contribution in [0.15, 0.2) is 59.1 Å². The number of rotatable bonds is 6. The van der Waals surface area contributed by atoms with E-state index >= 15 is 0 Å². The topological polar surface area (TPSA) is 58.7 Å². The number of benzene rings is 2. The number of hydrogen-bond donors (Lipinski definition) is 2. The van der Waals surface area contributed by atoms with Crippen LogP contribution in [-0.2, 0) is 13.0 Å². The predicted molar refractivity (Wildman–Crippen MR) is 142 cm³/mol. The highest BCUT2D eigenvalue weighted by atomic mass is 32.2. The summed E-state index contributed by atoms with van der Waals surface area (Å²) in [7, 11) is 1.71. The highest BCUT2D eigenvalue weighted by molar-refractivity contribution is 8.02. The van der Waals surface area contributed by atoms with E-state index in [1.807, 2.05) is 24.5 Å².